The molecule has 0 saturated carbocycles. The molecule has 4 nitrogen and oxygen atoms in total. The minimum Gasteiger partial charge on any atom is -0.385 e. The van der Waals surface area contributed by atoms with E-state index < -0.39 is 0 Å². The molecule has 0 aliphatic carbocycles. The summed E-state index contributed by atoms with van der Waals surface area (Å²) >= 11 is 5.96. The molecule has 1 amide bonds. The molecule has 106 valence electrons. The number of anilines is 1. The summed E-state index contributed by atoms with van der Waals surface area (Å²) in [6.07, 6.45) is 0.816. The van der Waals surface area contributed by atoms with Crippen LogP contribution < -0.4 is 10.6 Å². The Morgan fingerprint density at radius 1 is 1.42 bits per heavy atom. The highest BCUT2D eigenvalue weighted by Crippen LogP contribution is 2.20. The molecule has 0 bridgehead atoms. The zero-order valence-corrected chi connectivity index (χ0v) is 12.4. The van der Waals surface area contributed by atoms with E-state index in [0.717, 1.165) is 18.7 Å². The van der Waals surface area contributed by atoms with E-state index in [2.05, 4.69) is 10.6 Å². The third kappa shape index (κ3) is 4.73. The van der Waals surface area contributed by atoms with Gasteiger partial charge in [0, 0.05) is 24.4 Å². The second kappa shape index (κ2) is 8.02. The summed E-state index contributed by atoms with van der Waals surface area (Å²) in [5.41, 5.74) is 1.35. The van der Waals surface area contributed by atoms with Crippen molar-refractivity contribution in [2.75, 3.05) is 25.6 Å². The van der Waals surface area contributed by atoms with Crippen molar-refractivity contribution >= 4 is 23.2 Å². The van der Waals surface area contributed by atoms with Gasteiger partial charge in [-0.2, -0.15) is 0 Å². The fourth-order valence-electron chi connectivity index (χ4n) is 1.77. The molecule has 2 N–H and O–H groups in total. The van der Waals surface area contributed by atoms with Crippen LogP contribution in [0.2, 0.25) is 5.02 Å². The summed E-state index contributed by atoms with van der Waals surface area (Å²) in [6, 6.07) is 5.26. The number of rotatable bonds is 7. The molecule has 1 unspecified atom stereocenters. The van der Waals surface area contributed by atoms with E-state index in [4.69, 9.17) is 16.3 Å². The van der Waals surface area contributed by atoms with Crippen LogP contribution in [-0.4, -0.2) is 32.2 Å². The number of benzene rings is 1. The van der Waals surface area contributed by atoms with Crippen LogP contribution in [0.3, 0.4) is 0 Å². The summed E-state index contributed by atoms with van der Waals surface area (Å²) in [4.78, 5) is 12.3. The Morgan fingerprint density at radius 2 is 2.16 bits per heavy atom. The molecule has 0 saturated heterocycles. The van der Waals surface area contributed by atoms with Gasteiger partial charge in [0.2, 0.25) is 0 Å². The molecule has 1 rings (SSSR count). The average Bonchev–Trinajstić information content (AvgIpc) is 2.40. The molecule has 0 spiro atoms. The van der Waals surface area contributed by atoms with Crippen molar-refractivity contribution < 1.29 is 9.53 Å². The summed E-state index contributed by atoms with van der Waals surface area (Å²) in [7, 11) is 1.62. The lowest BCUT2D eigenvalue weighted by Crippen LogP contribution is -2.37. The fourth-order valence-corrected chi connectivity index (χ4v) is 1.95. The zero-order valence-electron chi connectivity index (χ0n) is 11.6. The van der Waals surface area contributed by atoms with Gasteiger partial charge in [-0.3, -0.25) is 4.79 Å². The summed E-state index contributed by atoms with van der Waals surface area (Å²) < 4.78 is 5.08. The number of amides is 1. The molecule has 5 heteroatoms. The predicted molar refractivity (Wildman–Crippen MR) is 79.0 cm³/mol. The first-order valence-corrected chi connectivity index (χ1v) is 6.83. The number of methoxy groups -OCH3 is 1. The van der Waals surface area contributed by atoms with Crippen LogP contribution in [0, 0.1) is 0 Å². The Hall–Kier alpha value is -1.26. The van der Waals surface area contributed by atoms with E-state index in [1.165, 1.54) is 0 Å². The predicted octanol–water partition coefficient (Wildman–Crippen LogP) is 2.93. The maximum atomic E-state index is 12.3. The van der Waals surface area contributed by atoms with Crippen LogP contribution in [0.25, 0.3) is 0 Å². The highest BCUT2D eigenvalue weighted by Gasteiger charge is 2.15. The van der Waals surface area contributed by atoms with Crippen molar-refractivity contribution in [1.29, 1.82) is 0 Å². The maximum absolute atomic E-state index is 12.3. The van der Waals surface area contributed by atoms with Crippen LogP contribution in [0.1, 0.15) is 30.6 Å². The quantitative estimate of drug-likeness (QED) is 0.809. The Bertz CT molecular complexity index is 424. The number of carbonyl (C=O) groups is 1. The maximum Gasteiger partial charge on any atom is 0.253 e. The van der Waals surface area contributed by atoms with Gasteiger partial charge in [0.05, 0.1) is 18.2 Å². The van der Waals surface area contributed by atoms with Gasteiger partial charge in [-0.1, -0.05) is 18.5 Å². The second-order valence-electron chi connectivity index (χ2n) is 4.25. The lowest BCUT2D eigenvalue weighted by molar-refractivity contribution is 0.0895. The van der Waals surface area contributed by atoms with E-state index in [9.17, 15) is 4.79 Å². The summed E-state index contributed by atoms with van der Waals surface area (Å²) in [5, 5.41) is 6.65. The third-order valence-corrected chi connectivity index (χ3v) is 3.02. The van der Waals surface area contributed by atoms with Gasteiger partial charge in [0.15, 0.2) is 0 Å². The minimum absolute atomic E-state index is 0.00552. The van der Waals surface area contributed by atoms with Gasteiger partial charge in [-0.15, -0.1) is 0 Å². The molecule has 1 atom stereocenters. The van der Waals surface area contributed by atoms with Gasteiger partial charge < -0.3 is 15.4 Å². The van der Waals surface area contributed by atoms with Crippen LogP contribution in [0.4, 0.5) is 5.69 Å². The van der Waals surface area contributed by atoms with E-state index in [1.807, 2.05) is 19.9 Å². The minimum atomic E-state index is -0.137. The molecular weight excluding hydrogens is 264 g/mol. The molecule has 0 heterocycles. The SMILES string of the molecule is CCNc1ccc(Cl)cc1C(=O)NC(CC)COC. The van der Waals surface area contributed by atoms with Crippen LogP contribution in [0.15, 0.2) is 18.2 Å². The van der Waals surface area contributed by atoms with Gasteiger partial charge >= 0.3 is 0 Å². The highest BCUT2D eigenvalue weighted by atomic mass is 35.5. The normalized spacial score (nSPS) is 12.0. The molecule has 0 aliphatic rings. The number of halogens is 1. The van der Waals surface area contributed by atoms with Crippen LogP contribution >= 0.6 is 11.6 Å². The average molecular weight is 285 g/mol. The van der Waals surface area contributed by atoms with E-state index in [1.54, 1.807) is 19.2 Å². The van der Waals surface area contributed by atoms with Crippen molar-refractivity contribution in [3.63, 3.8) is 0 Å². The van der Waals surface area contributed by atoms with Gasteiger partial charge in [0.1, 0.15) is 0 Å². The second-order valence-corrected chi connectivity index (χ2v) is 4.69. The first kappa shape index (κ1) is 15.8. The van der Waals surface area contributed by atoms with Crippen molar-refractivity contribution in [3.8, 4) is 0 Å². The highest BCUT2D eigenvalue weighted by molar-refractivity contribution is 6.31. The van der Waals surface area contributed by atoms with E-state index in [-0.39, 0.29) is 11.9 Å². The third-order valence-electron chi connectivity index (χ3n) is 2.79. The lowest BCUT2D eigenvalue weighted by Gasteiger charge is -2.17. The van der Waals surface area contributed by atoms with E-state index in [0.29, 0.717) is 17.2 Å². The van der Waals surface area contributed by atoms with Crippen molar-refractivity contribution in [2.45, 2.75) is 26.3 Å². The van der Waals surface area contributed by atoms with Gasteiger partial charge in [-0.05, 0) is 31.5 Å². The van der Waals surface area contributed by atoms with Gasteiger partial charge in [0.25, 0.3) is 5.91 Å². The van der Waals surface area contributed by atoms with Crippen molar-refractivity contribution in [1.82, 2.24) is 5.32 Å². The van der Waals surface area contributed by atoms with Crippen LogP contribution in [-0.2, 0) is 4.74 Å². The Morgan fingerprint density at radius 3 is 2.74 bits per heavy atom. The molecule has 0 radical (unpaired) electrons. The standard InChI is InChI=1S/C14H21ClN2O2/c1-4-11(9-19-3)17-14(18)12-8-10(15)6-7-13(12)16-5-2/h6-8,11,16H,4-5,9H2,1-3H3,(H,17,18). The molecule has 0 fully saturated rings. The molecule has 0 aromatic heterocycles. The molecule has 1 aromatic carbocycles. The lowest BCUT2D eigenvalue weighted by atomic mass is 10.1. The number of nitrogens with one attached hydrogen (secondary N) is 2. The largest absolute Gasteiger partial charge is 0.385 e. The number of ether oxygens (including phenoxy) is 1. The smallest absolute Gasteiger partial charge is 0.253 e. The Balaban J connectivity index is 2.87. The number of hydrogen-bond donors (Lipinski definition) is 2. The Kier molecular flexibility index (Phi) is 6.67. The molecule has 0 aliphatic heterocycles. The van der Waals surface area contributed by atoms with Crippen molar-refractivity contribution in [3.05, 3.63) is 28.8 Å². The van der Waals surface area contributed by atoms with Gasteiger partial charge in [-0.25, -0.2) is 0 Å². The first-order chi connectivity index (χ1) is 9.12. The number of carbonyl (C=O) groups excluding carboxylic acids is 1. The summed E-state index contributed by atoms with van der Waals surface area (Å²) in [6.45, 7) is 5.24. The zero-order chi connectivity index (χ0) is 14.3. The van der Waals surface area contributed by atoms with E-state index >= 15 is 0 Å². The summed E-state index contributed by atoms with van der Waals surface area (Å²) in [5.74, 6) is -0.137. The molecule has 19 heavy (non-hydrogen) atoms. The monoisotopic (exact) mass is 284 g/mol. The first-order valence-electron chi connectivity index (χ1n) is 6.45. The van der Waals surface area contributed by atoms with Crippen LogP contribution in [0.5, 0.6) is 0 Å². The topological polar surface area (TPSA) is 50.4 Å². The molecule has 1 aromatic rings. The van der Waals surface area contributed by atoms with Crippen molar-refractivity contribution in [2.24, 2.45) is 0 Å². The fraction of sp³-hybridized carbons (Fsp3) is 0.500. The Labute approximate surface area is 119 Å². The number of hydrogen-bond acceptors (Lipinski definition) is 3. The molecular formula is C14H21ClN2O2.